The summed E-state index contributed by atoms with van der Waals surface area (Å²) < 4.78 is 26.7. The van der Waals surface area contributed by atoms with Crippen LogP contribution in [0.25, 0.3) is 0 Å². The Morgan fingerprint density at radius 2 is 1.67 bits per heavy atom. The Balaban J connectivity index is 2.17. The number of halogens is 2. The van der Waals surface area contributed by atoms with E-state index in [1.165, 1.54) is 28.8 Å². The van der Waals surface area contributed by atoms with E-state index in [0.717, 1.165) is 12.5 Å². The Hall–Kier alpha value is -1.74. The molecule has 21 heavy (non-hydrogen) atoms. The first-order valence-electron chi connectivity index (χ1n) is 7.17. The first-order valence-corrected chi connectivity index (χ1v) is 7.17. The lowest BCUT2D eigenvalue weighted by molar-refractivity contribution is 0.523. The van der Waals surface area contributed by atoms with Gasteiger partial charge in [-0.15, -0.1) is 0 Å². The van der Waals surface area contributed by atoms with E-state index in [2.05, 4.69) is 31.3 Å². The third-order valence-corrected chi connectivity index (χ3v) is 3.98. The highest BCUT2D eigenvalue weighted by Crippen LogP contribution is 2.18. The van der Waals surface area contributed by atoms with Crippen LogP contribution in [0.3, 0.4) is 0 Å². The molecule has 112 valence electrons. The SMILES string of the molecule is CNC(Cc1ccc(F)cc1F)Cc1c(C)cccc1C. The molecular formula is C18H21F2N. The Labute approximate surface area is 125 Å². The Morgan fingerprint density at radius 1 is 1.00 bits per heavy atom. The molecular weight excluding hydrogens is 268 g/mol. The van der Waals surface area contributed by atoms with Crippen molar-refractivity contribution in [1.29, 1.82) is 0 Å². The molecule has 0 fully saturated rings. The fourth-order valence-corrected chi connectivity index (χ4v) is 2.65. The van der Waals surface area contributed by atoms with Crippen LogP contribution in [0.5, 0.6) is 0 Å². The number of hydrogen-bond donors (Lipinski definition) is 1. The summed E-state index contributed by atoms with van der Waals surface area (Å²) in [5, 5.41) is 3.23. The van der Waals surface area contributed by atoms with Crippen LogP contribution < -0.4 is 5.32 Å². The Morgan fingerprint density at radius 3 is 2.24 bits per heavy atom. The quantitative estimate of drug-likeness (QED) is 0.878. The van der Waals surface area contributed by atoms with Crippen molar-refractivity contribution in [3.8, 4) is 0 Å². The molecule has 0 spiro atoms. The minimum absolute atomic E-state index is 0.116. The molecule has 1 unspecified atom stereocenters. The van der Waals surface area contributed by atoms with Gasteiger partial charge in [0.05, 0.1) is 0 Å². The molecule has 0 radical (unpaired) electrons. The summed E-state index contributed by atoms with van der Waals surface area (Å²) in [5.74, 6) is -1.01. The van der Waals surface area contributed by atoms with Crippen LogP contribution >= 0.6 is 0 Å². The molecule has 2 aromatic carbocycles. The summed E-state index contributed by atoms with van der Waals surface area (Å²) in [4.78, 5) is 0. The van der Waals surface area contributed by atoms with E-state index < -0.39 is 11.6 Å². The molecule has 0 aliphatic heterocycles. The van der Waals surface area contributed by atoms with Gasteiger partial charge in [0, 0.05) is 12.1 Å². The van der Waals surface area contributed by atoms with Gasteiger partial charge >= 0.3 is 0 Å². The van der Waals surface area contributed by atoms with E-state index in [1.54, 1.807) is 0 Å². The topological polar surface area (TPSA) is 12.0 Å². The second-order valence-electron chi connectivity index (χ2n) is 5.50. The first kappa shape index (κ1) is 15.6. The molecule has 1 N–H and O–H groups in total. The van der Waals surface area contributed by atoms with Crippen molar-refractivity contribution in [2.75, 3.05) is 7.05 Å². The van der Waals surface area contributed by atoms with Gasteiger partial charge in [0.2, 0.25) is 0 Å². The second-order valence-corrected chi connectivity index (χ2v) is 5.50. The molecule has 0 aliphatic rings. The van der Waals surface area contributed by atoms with E-state index in [-0.39, 0.29) is 6.04 Å². The van der Waals surface area contributed by atoms with Crippen LogP contribution in [0.15, 0.2) is 36.4 Å². The molecule has 0 heterocycles. The zero-order chi connectivity index (χ0) is 15.4. The van der Waals surface area contributed by atoms with Crippen molar-refractivity contribution in [2.45, 2.75) is 32.7 Å². The van der Waals surface area contributed by atoms with Crippen LogP contribution in [0.4, 0.5) is 8.78 Å². The van der Waals surface area contributed by atoms with Crippen molar-refractivity contribution in [3.63, 3.8) is 0 Å². The zero-order valence-corrected chi connectivity index (χ0v) is 12.7. The smallest absolute Gasteiger partial charge is 0.129 e. The van der Waals surface area contributed by atoms with Crippen LogP contribution in [0, 0.1) is 25.5 Å². The molecule has 0 bridgehead atoms. The summed E-state index contributed by atoms with van der Waals surface area (Å²) in [6.07, 6.45) is 1.36. The molecule has 0 saturated heterocycles. The lowest BCUT2D eigenvalue weighted by atomic mass is 9.93. The number of benzene rings is 2. The van der Waals surface area contributed by atoms with Crippen LogP contribution in [0.2, 0.25) is 0 Å². The number of likely N-dealkylation sites (N-methyl/N-ethyl adjacent to an activating group) is 1. The predicted octanol–water partition coefficient (Wildman–Crippen LogP) is 3.95. The first-order chi connectivity index (χ1) is 10.0. The van der Waals surface area contributed by atoms with Gasteiger partial charge in [-0.2, -0.15) is 0 Å². The number of nitrogens with one attached hydrogen (secondary N) is 1. The monoisotopic (exact) mass is 289 g/mol. The third-order valence-electron chi connectivity index (χ3n) is 3.98. The molecule has 2 rings (SSSR count). The van der Waals surface area contributed by atoms with E-state index in [1.807, 2.05) is 13.1 Å². The largest absolute Gasteiger partial charge is 0.316 e. The van der Waals surface area contributed by atoms with Gasteiger partial charge in [-0.3, -0.25) is 0 Å². The molecule has 2 aromatic rings. The maximum atomic E-state index is 13.8. The second kappa shape index (κ2) is 6.81. The highest BCUT2D eigenvalue weighted by Gasteiger charge is 2.14. The standard InChI is InChI=1S/C18H21F2N/c1-12-5-4-6-13(2)17(12)11-16(21-3)9-14-7-8-15(19)10-18(14)20/h4-8,10,16,21H,9,11H2,1-3H3. The lowest BCUT2D eigenvalue weighted by Crippen LogP contribution is -2.30. The fraction of sp³-hybridized carbons (Fsp3) is 0.333. The molecule has 0 saturated carbocycles. The molecule has 1 nitrogen and oxygen atoms in total. The fourth-order valence-electron chi connectivity index (χ4n) is 2.65. The van der Waals surface area contributed by atoms with E-state index >= 15 is 0 Å². The number of hydrogen-bond acceptors (Lipinski definition) is 1. The Kier molecular flexibility index (Phi) is 5.07. The predicted molar refractivity (Wildman–Crippen MR) is 82.5 cm³/mol. The van der Waals surface area contributed by atoms with Crippen molar-refractivity contribution in [2.24, 2.45) is 0 Å². The molecule has 0 amide bonds. The van der Waals surface area contributed by atoms with Crippen molar-refractivity contribution < 1.29 is 8.78 Å². The van der Waals surface area contributed by atoms with Crippen LogP contribution in [-0.4, -0.2) is 13.1 Å². The summed E-state index contributed by atoms with van der Waals surface area (Å²) >= 11 is 0. The van der Waals surface area contributed by atoms with Crippen molar-refractivity contribution >= 4 is 0 Å². The maximum absolute atomic E-state index is 13.8. The average molecular weight is 289 g/mol. The summed E-state index contributed by atoms with van der Waals surface area (Å²) in [6, 6.07) is 10.1. The highest BCUT2D eigenvalue weighted by atomic mass is 19.1. The van der Waals surface area contributed by atoms with Gasteiger partial charge in [-0.05, 0) is 62.1 Å². The molecule has 0 aliphatic carbocycles. The highest BCUT2D eigenvalue weighted by molar-refractivity contribution is 5.34. The van der Waals surface area contributed by atoms with Crippen LogP contribution in [0.1, 0.15) is 22.3 Å². The van der Waals surface area contributed by atoms with Gasteiger partial charge < -0.3 is 5.32 Å². The number of rotatable bonds is 5. The van der Waals surface area contributed by atoms with E-state index in [4.69, 9.17) is 0 Å². The normalized spacial score (nSPS) is 12.4. The number of aryl methyl sites for hydroxylation is 2. The maximum Gasteiger partial charge on any atom is 0.129 e. The zero-order valence-electron chi connectivity index (χ0n) is 12.7. The van der Waals surface area contributed by atoms with Gasteiger partial charge in [-0.25, -0.2) is 8.78 Å². The lowest BCUT2D eigenvalue weighted by Gasteiger charge is -2.19. The van der Waals surface area contributed by atoms with Crippen LogP contribution in [-0.2, 0) is 12.8 Å². The summed E-state index contributed by atoms with van der Waals surface area (Å²) in [6.45, 7) is 4.18. The van der Waals surface area contributed by atoms with E-state index in [0.29, 0.717) is 12.0 Å². The minimum Gasteiger partial charge on any atom is -0.316 e. The van der Waals surface area contributed by atoms with Gasteiger partial charge in [-0.1, -0.05) is 24.3 Å². The molecule has 1 atom stereocenters. The third kappa shape index (κ3) is 3.88. The molecule has 0 aromatic heterocycles. The summed E-state index contributed by atoms with van der Waals surface area (Å²) in [7, 11) is 1.87. The minimum atomic E-state index is -0.535. The summed E-state index contributed by atoms with van der Waals surface area (Å²) in [5.41, 5.74) is 4.33. The molecule has 3 heteroatoms. The van der Waals surface area contributed by atoms with Gasteiger partial charge in [0.1, 0.15) is 11.6 Å². The average Bonchev–Trinajstić information content (AvgIpc) is 2.44. The van der Waals surface area contributed by atoms with Crippen molar-refractivity contribution in [3.05, 3.63) is 70.3 Å². The van der Waals surface area contributed by atoms with Gasteiger partial charge in [0.15, 0.2) is 0 Å². The van der Waals surface area contributed by atoms with Gasteiger partial charge in [0.25, 0.3) is 0 Å². The van der Waals surface area contributed by atoms with E-state index in [9.17, 15) is 8.78 Å². The van der Waals surface area contributed by atoms with Crippen molar-refractivity contribution in [1.82, 2.24) is 5.32 Å². The Bertz CT molecular complexity index is 602.